The number of esters is 1. The fourth-order valence-corrected chi connectivity index (χ4v) is 6.76. The SMILES string of the molecule is CNCCOC(=O)/C=C1\CC[C@H]2[C@@H]([C@H](O)C[C@H]3[C@@](C)(C=O)[C@@H](O)CC[C@]23C)[C@H]1C. The summed E-state index contributed by atoms with van der Waals surface area (Å²) < 4.78 is 5.25. The first-order valence-electron chi connectivity index (χ1n) is 11.0. The van der Waals surface area contributed by atoms with E-state index in [9.17, 15) is 19.8 Å². The molecule has 0 spiro atoms. The van der Waals surface area contributed by atoms with Crippen LogP contribution in [-0.2, 0) is 14.3 Å². The predicted molar refractivity (Wildman–Crippen MR) is 110 cm³/mol. The summed E-state index contributed by atoms with van der Waals surface area (Å²) in [6.07, 6.45) is 5.06. The summed E-state index contributed by atoms with van der Waals surface area (Å²) in [5.74, 6) is 0.0803. The first-order chi connectivity index (χ1) is 13.7. The Balaban J connectivity index is 1.83. The maximum atomic E-state index is 12.2. The molecule has 3 saturated carbocycles. The van der Waals surface area contributed by atoms with E-state index in [0.29, 0.717) is 26.0 Å². The molecule has 8 atom stereocenters. The summed E-state index contributed by atoms with van der Waals surface area (Å²) in [6.45, 7) is 7.18. The number of allylic oxidation sites excluding steroid dienone is 1. The van der Waals surface area contributed by atoms with E-state index in [-0.39, 0.29) is 35.1 Å². The molecule has 0 unspecified atom stereocenters. The van der Waals surface area contributed by atoms with Crippen LogP contribution in [0.3, 0.4) is 0 Å². The molecule has 164 valence electrons. The topological polar surface area (TPSA) is 95.9 Å². The number of ether oxygens (including phenoxy) is 1. The monoisotopic (exact) mass is 407 g/mol. The molecule has 0 amide bonds. The van der Waals surface area contributed by atoms with Crippen molar-refractivity contribution in [1.29, 1.82) is 0 Å². The van der Waals surface area contributed by atoms with Crippen molar-refractivity contribution in [1.82, 2.24) is 5.32 Å². The van der Waals surface area contributed by atoms with Crippen LogP contribution < -0.4 is 5.32 Å². The molecule has 3 N–H and O–H groups in total. The molecule has 0 heterocycles. The van der Waals surface area contributed by atoms with Crippen molar-refractivity contribution < 1.29 is 24.5 Å². The van der Waals surface area contributed by atoms with Crippen LogP contribution in [0, 0.1) is 34.5 Å². The van der Waals surface area contributed by atoms with Gasteiger partial charge in [0, 0.05) is 12.6 Å². The number of aldehydes is 1. The van der Waals surface area contributed by atoms with Crippen LogP contribution in [0.15, 0.2) is 11.6 Å². The molecule has 3 aliphatic carbocycles. The Hall–Kier alpha value is -1.24. The average molecular weight is 408 g/mol. The van der Waals surface area contributed by atoms with Crippen molar-refractivity contribution in [2.24, 2.45) is 34.5 Å². The van der Waals surface area contributed by atoms with Gasteiger partial charge in [0.05, 0.1) is 17.6 Å². The Morgan fingerprint density at radius 1 is 1.31 bits per heavy atom. The molecule has 0 bridgehead atoms. The Morgan fingerprint density at radius 3 is 2.69 bits per heavy atom. The maximum Gasteiger partial charge on any atom is 0.330 e. The number of rotatable bonds is 5. The Bertz CT molecular complexity index is 664. The van der Waals surface area contributed by atoms with Gasteiger partial charge in [-0.3, -0.25) is 0 Å². The quantitative estimate of drug-likeness (QED) is 0.280. The van der Waals surface area contributed by atoms with Crippen LogP contribution in [0.5, 0.6) is 0 Å². The number of fused-ring (bicyclic) bond motifs is 3. The Kier molecular flexibility index (Phi) is 6.56. The summed E-state index contributed by atoms with van der Waals surface area (Å²) >= 11 is 0. The molecule has 29 heavy (non-hydrogen) atoms. The van der Waals surface area contributed by atoms with Gasteiger partial charge in [0.2, 0.25) is 0 Å². The molecule has 6 heteroatoms. The zero-order valence-corrected chi connectivity index (χ0v) is 18.2. The molecule has 0 radical (unpaired) electrons. The van der Waals surface area contributed by atoms with Crippen LogP contribution in [0.2, 0.25) is 0 Å². The van der Waals surface area contributed by atoms with E-state index in [1.54, 1.807) is 6.08 Å². The Morgan fingerprint density at radius 2 is 2.03 bits per heavy atom. The molecule has 0 aromatic rings. The second kappa shape index (κ2) is 8.48. The molecule has 3 fully saturated rings. The molecule has 3 aliphatic rings. The third-order valence-corrected chi connectivity index (χ3v) is 8.51. The lowest BCUT2D eigenvalue weighted by Gasteiger charge is -2.63. The third-order valence-electron chi connectivity index (χ3n) is 8.51. The van der Waals surface area contributed by atoms with E-state index in [4.69, 9.17) is 4.74 Å². The summed E-state index contributed by atoms with van der Waals surface area (Å²) in [4.78, 5) is 24.2. The van der Waals surface area contributed by atoms with Gasteiger partial charge in [-0.25, -0.2) is 4.79 Å². The molecule has 0 aromatic heterocycles. The standard InChI is InChI=1S/C23H37NO5/c1-14-15(11-20(28)29-10-9-24-4)5-6-16-21(14)17(26)12-18-22(16,2)8-7-19(27)23(18,3)13-25/h11,13-14,16-19,21,24,26-27H,5-10,12H2,1-4H3/b15-11+/t14-,16-,17+,18+,19-,21-,22+,23+/m0/s1. The molecular formula is C23H37NO5. The van der Waals surface area contributed by atoms with E-state index < -0.39 is 17.6 Å². The van der Waals surface area contributed by atoms with Gasteiger partial charge >= 0.3 is 5.97 Å². The smallest absolute Gasteiger partial charge is 0.330 e. The van der Waals surface area contributed by atoms with Crippen molar-refractivity contribution in [2.45, 2.75) is 65.1 Å². The second-order valence-electron chi connectivity index (χ2n) is 9.90. The van der Waals surface area contributed by atoms with Crippen molar-refractivity contribution in [2.75, 3.05) is 20.2 Å². The van der Waals surface area contributed by atoms with E-state index >= 15 is 0 Å². The van der Waals surface area contributed by atoms with E-state index in [2.05, 4.69) is 19.2 Å². The minimum absolute atomic E-state index is 0.0308. The highest BCUT2D eigenvalue weighted by Crippen LogP contribution is 2.64. The molecule has 0 aromatic carbocycles. The number of carbonyl (C=O) groups is 2. The minimum atomic E-state index is -0.810. The lowest BCUT2D eigenvalue weighted by atomic mass is 9.42. The van der Waals surface area contributed by atoms with Gasteiger partial charge in [-0.2, -0.15) is 0 Å². The van der Waals surface area contributed by atoms with Gasteiger partial charge in [0.15, 0.2) is 0 Å². The zero-order chi connectivity index (χ0) is 21.4. The van der Waals surface area contributed by atoms with E-state index in [1.165, 1.54) is 0 Å². The van der Waals surface area contributed by atoms with E-state index in [1.807, 2.05) is 14.0 Å². The highest BCUT2D eigenvalue weighted by Gasteiger charge is 2.62. The lowest BCUT2D eigenvalue weighted by molar-refractivity contribution is -0.192. The van der Waals surface area contributed by atoms with Gasteiger partial charge in [-0.15, -0.1) is 0 Å². The van der Waals surface area contributed by atoms with Crippen molar-refractivity contribution in [3.8, 4) is 0 Å². The van der Waals surface area contributed by atoms with Crippen molar-refractivity contribution >= 4 is 12.3 Å². The van der Waals surface area contributed by atoms with Gasteiger partial charge in [0.1, 0.15) is 12.9 Å². The molecule has 0 saturated heterocycles. The Labute approximate surface area is 174 Å². The average Bonchev–Trinajstić information content (AvgIpc) is 2.69. The largest absolute Gasteiger partial charge is 0.461 e. The van der Waals surface area contributed by atoms with Crippen LogP contribution in [0.1, 0.15) is 52.9 Å². The van der Waals surface area contributed by atoms with Gasteiger partial charge < -0.3 is 25.1 Å². The van der Waals surface area contributed by atoms with E-state index in [0.717, 1.165) is 31.1 Å². The van der Waals surface area contributed by atoms with Crippen LogP contribution in [0.4, 0.5) is 0 Å². The summed E-state index contributed by atoms with van der Waals surface area (Å²) in [5.41, 5.74) is 0.150. The molecule has 3 rings (SSSR count). The zero-order valence-electron chi connectivity index (χ0n) is 18.2. The highest BCUT2D eigenvalue weighted by molar-refractivity contribution is 5.83. The number of carbonyl (C=O) groups excluding carboxylic acids is 2. The minimum Gasteiger partial charge on any atom is -0.461 e. The molecule has 6 nitrogen and oxygen atoms in total. The van der Waals surface area contributed by atoms with Gasteiger partial charge in [-0.1, -0.05) is 26.3 Å². The predicted octanol–water partition coefficient (Wildman–Crippen LogP) is 2.08. The fraction of sp³-hybridized carbons (Fsp3) is 0.826. The highest BCUT2D eigenvalue weighted by atomic mass is 16.5. The normalized spacial score (nSPS) is 45.9. The number of likely N-dealkylation sites (N-methyl/N-ethyl adjacent to an activating group) is 1. The second-order valence-corrected chi connectivity index (χ2v) is 9.90. The number of hydrogen-bond donors (Lipinski definition) is 3. The van der Waals surface area contributed by atoms with Gasteiger partial charge in [0.25, 0.3) is 0 Å². The summed E-state index contributed by atoms with van der Waals surface area (Å²) in [5, 5.41) is 24.6. The molecule has 0 aliphatic heterocycles. The van der Waals surface area contributed by atoms with Crippen molar-refractivity contribution in [3.63, 3.8) is 0 Å². The number of aliphatic hydroxyl groups excluding tert-OH is 2. The van der Waals surface area contributed by atoms with Crippen LogP contribution in [-0.4, -0.2) is 54.9 Å². The summed E-state index contributed by atoms with van der Waals surface area (Å²) in [6, 6.07) is 0. The van der Waals surface area contributed by atoms with Crippen LogP contribution in [0.25, 0.3) is 0 Å². The fourth-order valence-electron chi connectivity index (χ4n) is 6.76. The first-order valence-corrected chi connectivity index (χ1v) is 11.0. The number of nitrogens with one attached hydrogen (secondary N) is 1. The van der Waals surface area contributed by atoms with Crippen molar-refractivity contribution in [3.05, 3.63) is 11.6 Å². The van der Waals surface area contributed by atoms with Gasteiger partial charge in [-0.05, 0) is 68.2 Å². The third kappa shape index (κ3) is 3.79. The lowest BCUT2D eigenvalue weighted by Crippen LogP contribution is -2.62. The molecular weight excluding hydrogens is 370 g/mol. The maximum absolute atomic E-state index is 12.2. The van der Waals surface area contributed by atoms with Crippen LogP contribution >= 0.6 is 0 Å². The first kappa shape index (κ1) is 22.4. The number of hydrogen-bond acceptors (Lipinski definition) is 6. The number of aliphatic hydroxyl groups is 2. The summed E-state index contributed by atoms with van der Waals surface area (Å²) in [7, 11) is 1.81.